The molecule has 0 aliphatic heterocycles. The van der Waals surface area contributed by atoms with Crippen molar-refractivity contribution in [2.75, 3.05) is 0 Å². The van der Waals surface area contributed by atoms with Crippen LogP contribution >= 0.6 is 27.5 Å². The molecule has 1 saturated carbocycles. The maximum Gasteiger partial charge on any atom is 0.154 e. The Hall–Kier alpha value is -0.610. The van der Waals surface area contributed by atoms with E-state index in [0.29, 0.717) is 16.6 Å². The second-order valence-corrected chi connectivity index (χ2v) is 5.99. The summed E-state index contributed by atoms with van der Waals surface area (Å²) >= 11 is 9.93. The van der Waals surface area contributed by atoms with Gasteiger partial charge in [0, 0.05) is 22.1 Å². The summed E-state index contributed by atoms with van der Waals surface area (Å²) in [5.74, 6) is 1.09. The molecule has 1 aliphatic carbocycles. The van der Waals surface area contributed by atoms with E-state index < -0.39 is 0 Å². The Morgan fingerprint density at radius 1 is 1.41 bits per heavy atom. The van der Waals surface area contributed by atoms with Gasteiger partial charge in [0.05, 0.1) is 6.34 Å². The van der Waals surface area contributed by atoms with Gasteiger partial charge in [0.15, 0.2) is 5.82 Å². The van der Waals surface area contributed by atoms with E-state index in [4.69, 9.17) is 17.3 Å². The molecule has 0 amide bonds. The molecule has 0 bridgehead atoms. The van der Waals surface area contributed by atoms with Crippen LogP contribution in [0.2, 0.25) is 5.02 Å². The second kappa shape index (κ2) is 5.83. The normalized spacial score (nSPS) is 25.3. The standard InChI is InChI=1S/C12H15BrClN3/c13-9-3-1-8(2-4-9)10-6-16-12(17-7-15)5-11(10)14/h5-9H,1-4H2,(H2,15,16,17). The number of nitrogens with zero attached hydrogens (tertiary/aromatic N) is 2. The highest BCUT2D eigenvalue weighted by Gasteiger charge is 2.22. The van der Waals surface area contributed by atoms with Gasteiger partial charge in [-0.2, -0.15) is 0 Å². The molecule has 0 radical (unpaired) electrons. The fraction of sp³-hybridized carbons (Fsp3) is 0.500. The van der Waals surface area contributed by atoms with Crippen molar-refractivity contribution >= 4 is 39.7 Å². The highest BCUT2D eigenvalue weighted by molar-refractivity contribution is 9.09. The van der Waals surface area contributed by atoms with E-state index in [1.807, 2.05) is 6.20 Å². The van der Waals surface area contributed by atoms with Crippen molar-refractivity contribution in [3.63, 3.8) is 0 Å². The predicted octanol–water partition coefficient (Wildman–Crippen LogP) is 3.77. The number of aromatic nitrogens is 1. The van der Waals surface area contributed by atoms with Gasteiger partial charge in [-0.3, -0.25) is 0 Å². The molecule has 3 nitrogen and oxygen atoms in total. The fourth-order valence-electron chi connectivity index (χ4n) is 2.24. The number of pyridine rings is 1. The lowest BCUT2D eigenvalue weighted by atomic mass is 9.85. The summed E-state index contributed by atoms with van der Waals surface area (Å²) in [5, 5.41) is 0.749. The predicted molar refractivity (Wildman–Crippen MR) is 75.5 cm³/mol. The molecule has 1 fully saturated rings. The summed E-state index contributed by atoms with van der Waals surface area (Å²) in [7, 11) is 0. The van der Waals surface area contributed by atoms with Crippen LogP contribution in [-0.2, 0) is 0 Å². The quantitative estimate of drug-likeness (QED) is 0.513. The first kappa shape index (κ1) is 12.8. The third-order valence-corrected chi connectivity index (χ3v) is 4.41. The van der Waals surface area contributed by atoms with Crippen molar-refractivity contribution < 1.29 is 0 Å². The maximum atomic E-state index is 6.27. The summed E-state index contributed by atoms with van der Waals surface area (Å²) in [6, 6.07) is 1.78. The second-order valence-electron chi connectivity index (χ2n) is 4.29. The lowest BCUT2D eigenvalue weighted by Gasteiger charge is -2.25. The van der Waals surface area contributed by atoms with Crippen LogP contribution in [0.3, 0.4) is 0 Å². The van der Waals surface area contributed by atoms with Gasteiger partial charge < -0.3 is 5.73 Å². The first-order valence-electron chi connectivity index (χ1n) is 5.74. The minimum absolute atomic E-state index is 0.528. The Kier molecular flexibility index (Phi) is 4.40. The number of nitrogens with two attached hydrogens (primary N) is 1. The van der Waals surface area contributed by atoms with Crippen molar-refractivity contribution in [3.8, 4) is 0 Å². The molecule has 1 aromatic heterocycles. The van der Waals surface area contributed by atoms with Gasteiger partial charge in [0.2, 0.25) is 0 Å². The summed E-state index contributed by atoms with van der Waals surface area (Å²) in [4.78, 5) is 8.82. The highest BCUT2D eigenvalue weighted by Crippen LogP contribution is 2.38. The van der Waals surface area contributed by atoms with Gasteiger partial charge in [0.25, 0.3) is 0 Å². The zero-order valence-electron chi connectivity index (χ0n) is 9.44. The van der Waals surface area contributed by atoms with Crippen molar-refractivity contribution in [2.24, 2.45) is 10.7 Å². The van der Waals surface area contributed by atoms with E-state index in [1.54, 1.807) is 6.07 Å². The maximum absolute atomic E-state index is 6.27. The first-order chi connectivity index (χ1) is 8.20. The molecule has 0 unspecified atom stereocenters. The number of hydrogen-bond acceptors (Lipinski definition) is 2. The molecule has 1 heterocycles. The molecule has 1 aliphatic rings. The Balaban J connectivity index is 2.16. The van der Waals surface area contributed by atoms with Crippen LogP contribution in [0, 0.1) is 0 Å². The highest BCUT2D eigenvalue weighted by atomic mass is 79.9. The smallest absolute Gasteiger partial charge is 0.154 e. The van der Waals surface area contributed by atoms with Crippen LogP contribution in [0.5, 0.6) is 0 Å². The topological polar surface area (TPSA) is 51.3 Å². The van der Waals surface area contributed by atoms with E-state index in [0.717, 1.165) is 23.4 Å². The van der Waals surface area contributed by atoms with Crippen LogP contribution < -0.4 is 5.73 Å². The van der Waals surface area contributed by atoms with Gasteiger partial charge in [0.1, 0.15) is 0 Å². The molecule has 0 aromatic carbocycles. The zero-order valence-corrected chi connectivity index (χ0v) is 11.8. The molecule has 0 saturated heterocycles. The van der Waals surface area contributed by atoms with E-state index in [2.05, 4.69) is 25.9 Å². The Morgan fingerprint density at radius 3 is 2.71 bits per heavy atom. The van der Waals surface area contributed by atoms with E-state index in [9.17, 15) is 0 Å². The SMILES string of the molecule is NC=Nc1cc(Cl)c(C2CCC(Br)CC2)cn1. The van der Waals surface area contributed by atoms with E-state index in [-0.39, 0.29) is 0 Å². The molecule has 1 aromatic rings. The molecule has 17 heavy (non-hydrogen) atoms. The third-order valence-electron chi connectivity index (χ3n) is 3.17. The molecule has 92 valence electrons. The number of hydrogen-bond donors (Lipinski definition) is 1. The van der Waals surface area contributed by atoms with Crippen molar-refractivity contribution in [2.45, 2.75) is 36.4 Å². The van der Waals surface area contributed by atoms with Crippen molar-refractivity contribution in [1.82, 2.24) is 4.98 Å². The van der Waals surface area contributed by atoms with Crippen LogP contribution in [0.25, 0.3) is 0 Å². The van der Waals surface area contributed by atoms with Crippen LogP contribution in [-0.4, -0.2) is 16.1 Å². The third kappa shape index (κ3) is 3.19. The number of aliphatic imine (C=N–C) groups is 1. The largest absolute Gasteiger partial charge is 0.390 e. The summed E-state index contributed by atoms with van der Waals surface area (Å²) in [6.07, 6.45) is 7.79. The zero-order chi connectivity index (χ0) is 12.3. The van der Waals surface area contributed by atoms with Crippen LogP contribution in [0.15, 0.2) is 17.3 Å². The summed E-state index contributed by atoms with van der Waals surface area (Å²) in [5.41, 5.74) is 6.37. The molecule has 2 rings (SSSR count). The summed E-state index contributed by atoms with van der Waals surface area (Å²) < 4.78 is 0. The van der Waals surface area contributed by atoms with E-state index >= 15 is 0 Å². The molecule has 2 N–H and O–H groups in total. The van der Waals surface area contributed by atoms with E-state index in [1.165, 1.54) is 19.2 Å². The average molecular weight is 317 g/mol. The lowest BCUT2D eigenvalue weighted by Crippen LogP contribution is -2.13. The molecule has 0 spiro atoms. The van der Waals surface area contributed by atoms with Gasteiger partial charge in [-0.15, -0.1) is 0 Å². The number of halogens is 2. The summed E-state index contributed by atoms with van der Waals surface area (Å²) in [6.45, 7) is 0. The minimum Gasteiger partial charge on any atom is -0.390 e. The molecule has 5 heteroatoms. The van der Waals surface area contributed by atoms with Gasteiger partial charge in [-0.25, -0.2) is 9.98 Å². The first-order valence-corrected chi connectivity index (χ1v) is 7.04. The van der Waals surface area contributed by atoms with Gasteiger partial charge >= 0.3 is 0 Å². The Bertz CT molecular complexity index is 414. The van der Waals surface area contributed by atoms with Crippen LogP contribution in [0.4, 0.5) is 5.82 Å². The molecule has 0 atom stereocenters. The lowest BCUT2D eigenvalue weighted by molar-refractivity contribution is 0.456. The van der Waals surface area contributed by atoms with Crippen molar-refractivity contribution in [1.29, 1.82) is 0 Å². The average Bonchev–Trinajstić information content (AvgIpc) is 2.31. The number of alkyl halides is 1. The Morgan fingerprint density at radius 2 is 2.12 bits per heavy atom. The number of rotatable bonds is 2. The minimum atomic E-state index is 0.528. The monoisotopic (exact) mass is 315 g/mol. The van der Waals surface area contributed by atoms with Crippen LogP contribution in [0.1, 0.15) is 37.2 Å². The molecular formula is C12H15BrClN3. The Labute approximate surface area is 115 Å². The molecular weight excluding hydrogens is 302 g/mol. The van der Waals surface area contributed by atoms with Gasteiger partial charge in [-0.05, 0) is 37.2 Å². The fourth-order valence-corrected chi connectivity index (χ4v) is 3.07. The van der Waals surface area contributed by atoms with Crippen molar-refractivity contribution in [3.05, 3.63) is 22.8 Å². The van der Waals surface area contributed by atoms with Gasteiger partial charge in [-0.1, -0.05) is 27.5 Å².